The predicted octanol–water partition coefficient (Wildman–Crippen LogP) is 7.65. The minimum absolute atomic E-state index is 0.0453. The molecule has 5 nitrogen and oxygen atoms in total. The summed E-state index contributed by atoms with van der Waals surface area (Å²) in [7, 11) is 3.35. The molecule has 37 heavy (non-hydrogen) atoms. The summed E-state index contributed by atoms with van der Waals surface area (Å²) in [6.45, 7) is 2.55. The van der Waals surface area contributed by atoms with Gasteiger partial charge in [-0.1, -0.05) is 29.3 Å². The number of halogens is 2. The highest BCUT2D eigenvalue weighted by atomic mass is 35.5. The highest BCUT2D eigenvalue weighted by molar-refractivity contribution is 6.35. The molecule has 1 aromatic heterocycles. The van der Waals surface area contributed by atoms with Gasteiger partial charge in [0.25, 0.3) is 5.91 Å². The van der Waals surface area contributed by atoms with Gasteiger partial charge < -0.3 is 14.4 Å². The first-order valence-electron chi connectivity index (χ1n) is 12.7. The number of carbonyl (C=O) groups is 1. The van der Waals surface area contributed by atoms with Crippen molar-refractivity contribution >= 4 is 34.8 Å². The molecule has 0 atom stereocenters. The van der Waals surface area contributed by atoms with Gasteiger partial charge in [0.2, 0.25) is 0 Å². The van der Waals surface area contributed by atoms with Crippen LogP contribution in [0.2, 0.25) is 10.0 Å². The number of aromatic nitrogens is 1. The molecule has 194 valence electrons. The molecule has 1 amide bonds. The predicted molar refractivity (Wildman–Crippen MR) is 148 cm³/mol. The summed E-state index contributed by atoms with van der Waals surface area (Å²) in [4.78, 5) is 20.0. The number of fused-ring (bicyclic) bond motifs is 3. The zero-order valence-corrected chi connectivity index (χ0v) is 23.0. The Labute approximate surface area is 228 Å². The van der Waals surface area contributed by atoms with Crippen molar-refractivity contribution in [3.63, 3.8) is 0 Å². The van der Waals surface area contributed by atoms with Gasteiger partial charge in [-0.05, 0) is 104 Å². The van der Waals surface area contributed by atoms with E-state index in [1.165, 1.54) is 5.56 Å². The second-order valence-electron chi connectivity index (χ2n) is 10.6. The van der Waals surface area contributed by atoms with Crippen LogP contribution in [0.1, 0.15) is 60.0 Å². The van der Waals surface area contributed by atoms with Crippen molar-refractivity contribution < 1.29 is 14.3 Å². The first-order chi connectivity index (χ1) is 17.8. The zero-order chi connectivity index (χ0) is 26.2. The molecule has 3 aliphatic rings. The fourth-order valence-corrected chi connectivity index (χ4v) is 6.78. The second-order valence-corrected chi connectivity index (χ2v) is 11.4. The van der Waals surface area contributed by atoms with Crippen LogP contribution in [0.4, 0.5) is 5.69 Å². The third kappa shape index (κ3) is 4.92. The van der Waals surface area contributed by atoms with E-state index in [0.717, 1.165) is 61.3 Å². The largest absolute Gasteiger partial charge is 0.493 e. The lowest BCUT2D eigenvalue weighted by Gasteiger charge is -2.55. The minimum Gasteiger partial charge on any atom is -0.493 e. The van der Waals surface area contributed by atoms with E-state index in [9.17, 15) is 4.79 Å². The van der Waals surface area contributed by atoms with Gasteiger partial charge in [0, 0.05) is 40.2 Å². The van der Waals surface area contributed by atoms with Crippen LogP contribution in [0.15, 0.2) is 54.9 Å². The molecule has 3 aliphatic carbocycles. The number of hydrogen-bond acceptors (Lipinski definition) is 4. The number of methoxy groups -OCH3 is 2. The standard InChI is InChI=1S/C30H32Cl2N2O3/c1-20-18-33-13-6-25(20)28(35)34(24-16-22(31)15-23(32)17-24)19-29-7-10-30(11-8-29,12-9-29)21-4-5-26(36-2)27(14-21)37-3/h4-6,13-18H,7-12,19H2,1-3H3. The molecule has 0 aliphatic heterocycles. The molecule has 3 fully saturated rings. The van der Waals surface area contributed by atoms with Gasteiger partial charge >= 0.3 is 0 Å². The van der Waals surface area contributed by atoms with Crippen molar-refractivity contribution in [3.8, 4) is 11.5 Å². The Morgan fingerprint density at radius 3 is 2.16 bits per heavy atom. The molecule has 0 N–H and O–H groups in total. The van der Waals surface area contributed by atoms with E-state index in [2.05, 4.69) is 17.1 Å². The van der Waals surface area contributed by atoms with E-state index in [-0.39, 0.29) is 16.7 Å². The van der Waals surface area contributed by atoms with Crippen molar-refractivity contribution in [1.82, 2.24) is 4.98 Å². The normalized spacial score (nSPS) is 22.5. The minimum atomic E-state index is -0.0464. The first kappa shape index (κ1) is 25.9. The fourth-order valence-electron chi connectivity index (χ4n) is 6.27. The third-order valence-corrected chi connectivity index (χ3v) is 8.98. The summed E-state index contributed by atoms with van der Waals surface area (Å²) in [6, 6.07) is 13.5. The number of anilines is 1. The maximum atomic E-state index is 13.9. The Morgan fingerprint density at radius 1 is 0.919 bits per heavy atom. The number of rotatable bonds is 7. The second kappa shape index (κ2) is 10.2. The topological polar surface area (TPSA) is 51.7 Å². The molecule has 7 heteroatoms. The van der Waals surface area contributed by atoms with Crippen molar-refractivity contribution in [2.45, 2.75) is 50.9 Å². The summed E-state index contributed by atoms with van der Waals surface area (Å²) in [6.07, 6.45) is 9.78. The first-order valence-corrected chi connectivity index (χ1v) is 13.4. The van der Waals surface area contributed by atoms with Crippen LogP contribution in [0.5, 0.6) is 11.5 Å². The molecule has 0 spiro atoms. The molecule has 0 radical (unpaired) electrons. The third-order valence-electron chi connectivity index (χ3n) is 8.55. The molecule has 1 heterocycles. The lowest BCUT2D eigenvalue weighted by atomic mass is 9.51. The van der Waals surface area contributed by atoms with Gasteiger partial charge in [-0.2, -0.15) is 0 Å². The number of hydrogen-bond donors (Lipinski definition) is 0. The SMILES string of the molecule is COc1ccc(C23CCC(CN(C(=O)c4ccncc4C)c4cc(Cl)cc(Cl)c4)(CC2)CC3)cc1OC. The summed E-state index contributed by atoms with van der Waals surface area (Å²) < 4.78 is 11.0. The number of ether oxygens (including phenoxy) is 2. The van der Waals surface area contributed by atoms with Crippen LogP contribution < -0.4 is 14.4 Å². The average Bonchev–Trinajstić information content (AvgIpc) is 2.91. The summed E-state index contributed by atoms with van der Waals surface area (Å²) in [5, 5.41) is 1.04. The van der Waals surface area contributed by atoms with Crippen LogP contribution in [-0.4, -0.2) is 31.7 Å². The quantitative estimate of drug-likeness (QED) is 0.310. The lowest BCUT2D eigenvalue weighted by Crippen LogP contribution is -2.50. The van der Waals surface area contributed by atoms with E-state index < -0.39 is 0 Å². The molecule has 2 aromatic carbocycles. The van der Waals surface area contributed by atoms with Crippen molar-refractivity contribution in [1.29, 1.82) is 0 Å². The maximum absolute atomic E-state index is 13.9. The number of carbonyl (C=O) groups excluding carboxylic acids is 1. The molecule has 0 saturated heterocycles. The lowest BCUT2D eigenvalue weighted by molar-refractivity contribution is 0.0440. The molecule has 2 bridgehead atoms. The number of aryl methyl sites for hydroxylation is 1. The highest BCUT2D eigenvalue weighted by Crippen LogP contribution is 2.58. The van der Waals surface area contributed by atoms with Gasteiger partial charge in [-0.25, -0.2) is 0 Å². The monoisotopic (exact) mass is 538 g/mol. The Hall–Kier alpha value is -2.76. The van der Waals surface area contributed by atoms with Crippen LogP contribution in [0, 0.1) is 12.3 Å². The van der Waals surface area contributed by atoms with Gasteiger partial charge in [0.1, 0.15) is 0 Å². The number of benzene rings is 2. The Balaban J connectivity index is 1.44. The smallest absolute Gasteiger partial charge is 0.258 e. The van der Waals surface area contributed by atoms with E-state index in [1.54, 1.807) is 38.7 Å². The van der Waals surface area contributed by atoms with E-state index in [1.807, 2.05) is 30.0 Å². The highest BCUT2D eigenvalue weighted by Gasteiger charge is 2.50. The molecule has 0 unspecified atom stereocenters. The number of nitrogens with zero attached hydrogens (tertiary/aromatic N) is 2. The van der Waals surface area contributed by atoms with Crippen molar-refractivity contribution in [2.75, 3.05) is 25.7 Å². The van der Waals surface area contributed by atoms with Crippen LogP contribution in [0.3, 0.4) is 0 Å². The van der Waals surface area contributed by atoms with Crippen molar-refractivity contribution in [2.24, 2.45) is 5.41 Å². The fraction of sp³-hybridized carbons (Fsp3) is 0.400. The maximum Gasteiger partial charge on any atom is 0.258 e. The van der Waals surface area contributed by atoms with Crippen molar-refractivity contribution in [3.05, 3.63) is 81.6 Å². The Morgan fingerprint density at radius 2 is 1.57 bits per heavy atom. The van der Waals surface area contributed by atoms with Crippen LogP contribution >= 0.6 is 23.2 Å². The Kier molecular flexibility index (Phi) is 7.12. The van der Waals surface area contributed by atoms with E-state index >= 15 is 0 Å². The summed E-state index contributed by atoms with van der Waals surface area (Å²) in [5.74, 6) is 1.48. The van der Waals surface area contributed by atoms with Crippen LogP contribution in [0.25, 0.3) is 0 Å². The average molecular weight is 540 g/mol. The van der Waals surface area contributed by atoms with E-state index in [4.69, 9.17) is 32.7 Å². The molecular formula is C30H32Cl2N2O3. The molecule has 6 rings (SSSR count). The summed E-state index contributed by atoms with van der Waals surface area (Å²) >= 11 is 12.8. The van der Waals surface area contributed by atoms with Gasteiger partial charge in [0.05, 0.1) is 14.2 Å². The van der Waals surface area contributed by atoms with E-state index in [0.29, 0.717) is 22.2 Å². The van der Waals surface area contributed by atoms with Gasteiger partial charge in [0.15, 0.2) is 11.5 Å². The Bertz CT molecular complexity index is 1280. The van der Waals surface area contributed by atoms with Gasteiger partial charge in [-0.15, -0.1) is 0 Å². The zero-order valence-electron chi connectivity index (χ0n) is 21.5. The van der Waals surface area contributed by atoms with Gasteiger partial charge in [-0.3, -0.25) is 9.78 Å². The van der Waals surface area contributed by atoms with Crippen LogP contribution in [-0.2, 0) is 5.41 Å². The molecule has 3 aromatic rings. The molecule has 3 saturated carbocycles. The number of pyridine rings is 1. The number of amides is 1. The summed E-state index contributed by atoms with van der Waals surface area (Å²) in [5.41, 5.74) is 3.73. The molecular weight excluding hydrogens is 507 g/mol.